The highest BCUT2D eigenvalue weighted by Gasteiger charge is 2.05. The number of hydrogen-bond acceptors (Lipinski definition) is 2. The van der Waals surface area contributed by atoms with Gasteiger partial charge in [0.05, 0.1) is 11.7 Å². The number of aromatic nitrogens is 1. The molecule has 0 unspecified atom stereocenters. The van der Waals surface area contributed by atoms with E-state index in [9.17, 15) is 4.79 Å². The molecule has 82 valence electrons. The molecule has 3 heteroatoms. The van der Waals surface area contributed by atoms with Crippen LogP contribution in [0.25, 0.3) is 17.0 Å². The predicted molar refractivity (Wildman–Crippen MR) is 64.2 cm³/mol. The summed E-state index contributed by atoms with van der Waals surface area (Å²) in [5.41, 5.74) is 1.97. The van der Waals surface area contributed by atoms with Gasteiger partial charge in [-0.05, 0) is 25.1 Å². The van der Waals surface area contributed by atoms with Crippen molar-refractivity contribution in [1.82, 2.24) is 4.73 Å². The largest absolute Gasteiger partial charge is 0.417 e. The number of benzene rings is 1. The third-order valence-corrected chi connectivity index (χ3v) is 2.40. The first-order chi connectivity index (χ1) is 7.72. The van der Waals surface area contributed by atoms with E-state index in [1.165, 1.54) is 6.92 Å². The Bertz CT molecular complexity index is 552. The molecule has 0 saturated heterocycles. The molecule has 0 aliphatic heterocycles. The minimum Gasteiger partial charge on any atom is -0.417 e. The summed E-state index contributed by atoms with van der Waals surface area (Å²) in [7, 11) is 1.62. The summed E-state index contributed by atoms with van der Waals surface area (Å²) in [4.78, 5) is 16.1. The van der Waals surface area contributed by atoms with E-state index in [1.807, 2.05) is 30.5 Å². The van der Waals surface area contributed by atoms with Gasteiger partial charge in [-0.15, -0.1) is 0 Å². The van der Waals surface area contributed by atoms with Gasteiger partial charge >= 0.3 is 0 Å². The van der Waals surface area contributed by atoms with Gasteiger partial charge in [0, 0.05) is 10.9 Å². The highest BCUT2D eigenvalue weighted by molar-refractivity contribution is 5.96. The molecule has 16 heavy (non-hydrogen) atoms. The van der Waals surface area contributed by atoms with Crippen molar-refractivity contribution in [3.8, 4) is 0 Å². The summed E-state index contributed by atoms with van der Waals surface area (Å²) >= 11 is 0. The predicted octanol–water partition coefficient (Wildman–Crippen LogP) is 2.30. The van der Waals surface area contributed by atoms with E-state index in [1.54, 1.807) is 24.0 Å². The molecule has 3 nitrogen and oxygen atoms in total. The molecule has 2 aromatic rings. The molecule has 0 radical (unpaired) electrons. The maximum Gasteiger partial charge on any atom is 0.152 e. The third kappa shape index (κ3) is 1.84. The monoisotopic (exact) mass is 215 g/mol. The normalized spacial score (nSPS) is 11.1. The molecule has 1 heterocycles. The van der Waals surface area contributed by atoms with E-state index in [2.05, 4.69) is 0 Å². The molecule has 0 N–H and O–H groups in total. The Morgan fingerprint density at radius 2 is 2.12 bits per heavy atom. The van der Waals surface area contributed by atoms with Crippen LogP contribution in [0.2, 0.25) is 0 Å². The highest BCUT2D eigenvalue weighted by atomic mass is 16.6. The van der Waals surface area contributed by atoms with Crippen LogP contribution in [0.3, 0.4) is 0 Å². The number of ketones is 1. The van der Waals surface area contributed by atoms with Crippen molar-refractivity contribution < 1.29 is 9.63 Å². The standard InChI is InChI=1S/C13H13NO2/c1-10(15)7-8-11-9-14(16-2)13-6-4-3-5-12(11)13/h3-9H,1-2H3/b8-7+. The number of hydrogen-bond donors (Lipinski definition) is 0. The van der Waals surface area contributed by atoms with Crippen LogP contribution in [0.5, 0.6) is 0 Å². The summed E-state index contributed by atoms with van der Waals surface area (Å²) in [6, 6.07) is 7.90. The maximum absolute atomic E-state index is 10.9. The number of carbonyl (C=O) groups excluding carboxylic acids is 1. The Balaban J connectivity index is 2.57. The molecule has 2 rings (SSSR count). The van der Waals surface area contributed by atoms with E-state index >= 15 is 0 Å². The lowest BCUT2D eigenvalue weighted by molar-refractivity contribution is -0.112. The summed E-state index contributed by atoms with van der Waals surface area (Å²) in [5, 5.41) is 1.07. The van der Waals surface area contributed by atoms with Crippen molar-refractivity contribution in [3.63, 3.8) is 0 Å². The van der Waals surface area contributed by atoms with Crippen LogP contribution in [-0.2, 0) is 4.79 Å². The fourth-order valence-electron chi connectivity index (χ4n) is 1.67. The molecule has 0 bridgehead atoms. The molecule has 1 aromatic carbocycles. The lowest BCUT2D eigenvalue weighted by Crippen LogP contribution is -2.02. The van der Waals surface area contributed by atoms with Gasteiger partial charge in [0.15, 0.2) is 5.78 Å². The van der Waals surface area contributed by atoms with Gasteiger partial charge in [-0.2, -0.15) is 4.73 Å². The molecular weight excluding hydrogens is 202 g/mol. The van der Waals surface area contributed by atoms with Crippen LogP contribution < -0.4 is 4.84 Å². The Labute approximate surface area is 93.9 Å². The molecule has 0 aliphatic carbocycles. The topological polar surface area (TPSA) is 31.2 Å². The zero-order chi connectivity index (χ0) is 11.5. The lowest BCUT2D eigenvalue weighted by atomic mass is 10.1. The zero-order valence-electron chi connectivity index (χ0n) is 9.31. The maximum atomic E-state index is 10.9. The second-order valence-corrected chi connectivity index (χ2v) is 3.55. The number of fused-ring (bicyclic) bond motifs is 1. The summed E-state index contributed by atoms with van der Waals surface area (Å²) in [6.45, 7) is 1.53. The smallest absolute Gasteiger partial charge is 0.152 e. The molecule has 0 atom stereocenters. The first-order valence-electron chi connectivity index (χ1n) is 5.05. The van der Waals surface area contributed by atoms with Gasteiger partial charge in [0.1, 0.15) is 7.11 Å². The molecule has 0 saturated carbocycles. The molecule has 1 aromatic heterocycles. The quantitative estimate of drug-likeness (QED) is 0.736. The van der Waals surface area contributed by atoms with Crippen molar-refractivity contribution in [3.05, 3.63) is 42.1 Å². The highest BCUT2D eigenvalue weighted by Crippen LogP contribution is 2.21. The van der Waals surface area contributed by atoms with Gasteiger partial charge in [-0.25, -0.2) is 0 Å². The van der Waals surface area contributed by atoms with Gasteiger partial charge in [0.25, 0.3) is 0 Å². The number of allylic oxidation sites excluding steroid dienone is 1. The van der Waals surface area contributed by atoms with E-state index < -0.39 is 0 Å². The van der Waals surface area contributed by atoms with E-state index in [0.29, 0.717) is 0 Å². The molecule has 0 fully saturated rings. The Hall–Kier alpha value is -2.03. The van der Waals surface area contributed by atoms with Crippen molar-refractivity contribution >= 4 is 22.8 Å². The summed E-state index contributed by atoms with van der Waals surface area (Å²) in [6.07, 6.45) is 5.23. The van der Waals surface area contributed by atoms with Crippen LogP contribution in [0.15, 0.2) is 36.5 Å². The average molecular weight is 215 g/mol. The number of para-hydroxylation sites is 1. The SMILES string of the molecule is COn1cc(/C=C/C(C)=O)c2ccccc21. The first kappa shape index (κ1) is 10.5. The Morgan fingerprint density at radius 3 is 2.81 bits per heavy atom. The summed E-state index contributed by atoms with van der Waals surface area (Å²) < 4.78 is 1.69. The van der Waals surface area contributed by atoms with Crippen LogP contribution in [0.1, 0.15) is 12.5 Å². The fraction of sp³-hybridized carbons (Fsp3) is 0.154. The second kappa shape index (κ2) is 4.23. The minimum absolute atomic E-state index is 0.0363. The first-order valence-corrected chi connectivity index (χ1v) is 5.05. The van der Waals surface area contributed by atoms with E-state index in [4.69, 9.17) is 4.84 Å². The van der Waals surface area contributed by atoms with E-state index in [0.717, 1.165) is 16.5 Å². The van der Waals surface area contributed by atoms with E-state index in [-0.39, 0.29) is 5.78 Å². The minimum atomic E-state index is 0.0363. The number of carbonyl (C=O) groups is 1. The Morgan fingerprint density at radius 1 is 1.38 bits per heavy atom. The molecule has 0 amide bonds. The average Bonchev–Trinajstić information content (AvgIpc) is 2.65. The van der Waals surface area contributed by atoms with Crippen molar-refractivity contribution in [1.29, 1.82) is 0 Å². The van der Waals surface area contributed by atoms with Gasteiger partial charge in [-0.3, -0.25) is 4.79 Å². The second-order valence-electron chi connectivity index (χ2n) is 3.55. The van der Waals surface area contributed by atoms with Crippen molar-refractivity contribution in [2.75, 3.05) is 7.11 Å². The fourth-order valence-corrected chi connectivity index (χ4v) is 1.67. The van der Waals surface area contributed by atoms with Crippen LogP contribution >= 0.6 is 0 Å². The van der Waals surface area contributed by atoms with Crippen LogP contribution in [0.4, 0.5) is 0 Å². The number of rotatable bonds is 3. The van der Waals surface area contributed by atoms with Crippen molar-refractivity contribution in [2.45, 2.75) is 6.92 Å². The van der Waals surface area contributed by atoms with Crippen molar-refractivity contribution in [2.24, 2.45) is 0 Å². The third-order valence-electron chi connectivity index (χ3n) is 2.40. The molecular formula is C13H13NO2. The van der Waals surface area contributed by atoms with Crippen LogP contribution in [0, 0.1) is 0 Å². The number of nitrogens with zero attached hydrogens (tertiary/aromatic N) is 1. The Kier molecular flexibility index (Phi) is 2.77. The van der Waals surface area contributed by atoms with Gasteiger partial charge < -0.3 is 4.84 Å². The molecule has 0 spiro atoms. The lowest BCUT2D eigenvalue weighted by Gasteiger charge is -1.99. The zero-order valence-corrected chi connectivity index (χ0v) is 9.31. The molecule has 0 aliphatic rings. The van der Waals surface area contributed by atoms with Gasteiger partial charge in [-0.1, -0.05) is 18.2 Å². The van der Waals surface area contributed by atoms with Crippen LogP contribution in [-0.4, -0.2) is 17.6 Å². The van der Waals surface area contributed by atoms with Gasteiger partial charge in [0.2, 0.25) is 0 Å². The summed E-state index contributed by atoms with van der Waals surface area (Å²) in [5.74, 6) is 0.0363.